The second-order valence-corrected chi connectivity index (χ2v) is 8.05. The molecule has 0 aromatic carbocycles. The quantitative estimate of drug-likeness (QED) is 0.844. The first-order valence-electron chi connectivity index (χ1n) is 8.15. The number of nitrogens with zero attached hydrogens (tertiary/aromatic N) is 2. The number of carbonyl (C=O) groups excluding carboxylic acids is 3. The molecule has 2 heterocycles. The van der Waals surface area contributed by atoms with Gasteiger partial charge in [0.15, 0.2) is 0 Å². The third-order valence-corrected chi connectivity index (χ3v) is 5.44. The molecule has 2 fully saturated rings. The van der Waals surface area contributed by atoms with Crippen molar-refractivity contribution >= 4 is 23.5 Å². The maximum Gasteiger partial charge on any atom is 0.234 e. The van der Waals surface area contributed by atoms with E-state index in [1.165, 1.54) is 11.9 Å². The highest BCUT2D eigenvalue weighted by Gasteiger charge is 2.62. The van der Waals surface area contributed by atoms with E-state index < -0.39 is 16.2 Å². The summed E-state index contributed by atoms with van der Waals surface area (Å²) in [7, 11) is 1.54. The number of hydrogen-bond acceptors (Lipinski definition) is 4. The van der Waals surface area contributed by atoms with Crippen LogP contribution >= 0.6 is 0 Å². The zero-order valence-electron chi connectivity index (χ0n) is 14.5. The Morgan fingerprint density at radius 1 is 1.08 bits per heavy atom. The van der Waals surface area contributed by atoms with Gasteiger partial charge in [0.05, 0.1) is 0 Å². The summed E-state index contributed by atoms with van der Waals surface area (Å²) in [6, 6.07) is 5.29. The Labute approximate surface area is 141 Å². The van der Waals surface area contributed by atoms with Crippen LogP contribution in [0.3, 0.4) is 0 Å². The Morgan fingerprint density at radius 3 is 2.17 bits per heavy atom. The van der Waals surface area contributed by atoms with Crippen LogP contribution in [-0.2, 0) is 14.4 Å². The second kappa shape index (κ2) is 5.13. The van der Waals surface area contributed by atoms with Crippen molar-refractivity contribution in [3.05, 3.63) is 24.4 Å². The SMILES string of the molecule is CN1C(=O)C2(C)CC(C)(C(=O)Nc3ccccn3)CC(C)(C2)C1=O. The zero-order chi connectivity index (χ0) is 17.8. The van der Waals surface area contributed by atoms with Gasteiger partial charge >= 0.3 is 0 Å². The Hall–Kier alpha value is -2.24. The number of carbonyl (C=O) groups is 3. The number of rotatable bonds is 2. The van der Waals surface area contributed by atoms with Crippen LogP contribution in [0.4, 0.5) is 5.82 Å². The first-order valence-corrected chi connectivity index (χ1v) is 8.15. The van der Waals surface area contributed by atoms with E-state index in [1.54, 1.807) is 24.4 Å². The molecule has 2 aliphatic rings. The van der Waals surface area contributed by atoms with Gasteiger partial charge in [0, 0.05) is 29.5 Å². The Bertz CT molecular complexity index is 687. The van der Waals surface area contributed by atoms with E-state index in [1.807, 2.05) is 20.8 Å². The van der Waals surface area contributed by atoms with E-state index in [4.69, 9.17) is 0 Å². The lowest BCUT2D eigenvalue weighted by Gasteiger charge is -2.55. The molecular weight excluding hydrogens is 306 g/mol. The molecule has 6 nitrogen and oxygen atoms in total. The van der Waals surface area contributed by atoms with Crippen LogP contribution in [0, 0.1) is 16.2 Å². The normalized spacial score (nSPS) is 35.8. The summed E-state index contributed by atoms with van der Waals surface area (Å²) in [5.74, 6) is -0.101. The van der Waals surface area contributed by atoms with Gasteiger partial charge in [-0.2, -0.15) is 0 Å². The van der Waals surface area contributed by atoms with Gasteiger partial charge in [0.2, 0.25) is 17.7 Å². The van der Waals surface area contributed by atoms with Crippen molar-refractivity contribution < 1.29 is 14.4 Å². The van der Waals surface area contributed by atoms with Crippen molar-refractivity contribution in [3.63, 3.8) is 0 Å². The van der Waals surface area contributed by atoms with E-state index in [0.717, 1.165) is 0 Å². The lowest BCUT2D eigenvalue weighted by Crippen LogP contribution is -2.63. The van der Waals surface area contributed by atoms with Crippen molar-refractivity contribution in [2.24, 2.45) is 16.2 Å². The first-order chi connectivity index (χ1) is 11.1. The van der Waals surface area contributed by atoms with Gasteiger partial charge in [0.25, 0.3) is 0 Å². The van der Waals surface area contributed by atoms with Gasteiger partial charge in [-0.05, 0) is 31.4 Å². The largest absolute Gasteiger partial charge is 0.310 e. The summed E-state index contributed by atoms with van der Waals surface area (Å²) in [4.78, 5) is 43.5. The van der Waals surface area contributed by atoms with Crippen molar-refractivity contribution in [3.8, 4) is 0 Å². The molecule has 128 valence electrons. The molecule has 0 radical (unpaired) electrons. The maximum atomic E-state index is 12.9. The Kier molecular flexibility index (Phi) is 3.55. The summed E-state index contributed by atoms with van der Waals surface area (Å²) >= 11 is 0. The Morgan fingerprint density at radius 2 is 1.67 bits per heavy atom. The number of amides is 3. The number of fused-ring (bicyclic) bond motifs is 2. The molecule has 6 heteroatoms. The van der Waals surface area contributed by atoms with E-state index in [9.17, 15) is 14.4 Å². The highest BCUT2D eigenvalue weighted by molar-refractivity contribution is 6.05. The number of likely N-dealkylation sites (tertiary alicyclic amines) is 1. The number of hydrogen-bond donors (Lipinski definition) is 1. The summed E-state index contributed by atoms with van der Waals surface area (Å²) in [6.07, 6.45) is 2.95. The molecule has 2 atom stereocenters. The lowest BCUT2D eigenvalue weighted by molar-refractivity contribution is -0.177. The lowest BCUT2D eigenvalue weighted by atomic mass is 9.51. The van der Waals surface area contributed by atoms with Crippen LogP contribution in [0.5, 0.6) is 0 Å². The molecule has 2 bridgehead atoms. The average molecular weight is 329 g/mol. The molecule has 0 spiro atoms. The van der Waals surface area contributed by atoms with E-state index in [0.29, 0.717) is 25.1 Å². The molecule has 2 unspecified atom stereocenters. The van der Waals surface area contributed by atoms with Crippen LogP contribution in [0.1, 0.15) is 40.0 Å². The van der Waals surface area contributed by atoms with Crippen molar-refractivity contribution in [2.45, 2.75) is 40.0 Å². The minimum Gasteiger partial charge on any atom is -0.310 e. The van der Waals surface area contributed by atoms with E-state index in [-0.39, 0.29) is 17.7 Å². The predicted octanol–water partition coefficient (Wildman–Crippen LogP) is 2.22. The molecule has 1 aromatic heterocycles. The standard InChI is InChI=1S/C18H23N3O3/c1-16(13(22)20-12-7-5-6-8-19-12)9-17(2)11-18(3,10-16)15(24)21(4)14(17)23/h5-8H,9-11H2,1-4H3,(H,19,20,22). The number of aromatic nitrogens is 1. The molecule has 1 N–H and O–H groups in total. The number of nitrogens with one attached hydrogen (secondary N) is 1. The third-order valence-electron chi connectivity index (χ3n) is 5.44. The average Bonchev–Trinajstić information content (AvgIpc) is 2.51. The van der Waals surface area contributed by atoms with Gasteiger partial charge in [0.1, 0.15) is 5.82 Å². The van der Waals surface area contributed by atoms with Crippen LogP contribution in [0.2, 0.25) is 0 Å². The fourth-order valence-corrected chi connectivity index (χ4v) is 4.84. The van der Waals surface area contributed by atoms with Gasteiger partial charge in [-0.1, -0.05) is 26.8 Å². The number of pyridine rings is 1. The minimum absolute atomic E-state index is 0.191. The van der Waals surface area contributed by atoms with Crippen LogP contribution < -0.4 is 5.32 Å². The molecule has 1 saturated carbocycles. The Balaban J connectivity index is 1.93. The molecule has 1 saturated heterocycles. The molecular formula is C18H23N3O3. The number of anilines is 1. The van der Waals surface area contributed by atoms with E-state index in [2.05, 4.69) is 10.3 Å². The summed E-state index contributed by atoms with van der Waals surface area (Å²) in [5, 5.41) is 2.83. The van der Waals surface area contributed by atoms with Gasteiger partial charge < -0.3 is 5.32 Å². The third kappa shape index (κ3) is 2.41. The van der Waals surface area contributed by atoms with Crippen molar-refractivity contribution in [1.29, 1.82) is 0 Å². The topological polar surface area (TPSA) is 79.4 Å². The summed E-state index contributed by atoms with van der Waals surface area (Å²) < 4.78 is 0. The minimum atomic E-state index is -0.800. The maximum absolute atomic E-state index is 12.9. The van der Waals surface area contributed by atoms with Gasteiger partial charge in [-0.25, -0.2) is 4.98 Å². The highest BCUT2D eigenvalue weighted by Crippen LogP contribution is 2.58. The van der Waals surface area contributed by atoms with Gasteiger partial charge in [-0.15, -0.1) is 0 Å². The monoisotopic (exact) mass is 329 g/mol. The predicted molar refractivity (Wildman–Crippen MR) is 88.8 cm³/mol. The first kappa shape index (κ1) is 16.6. The fourth-order valence-electron chi connectivity index (χ4n) is 4.84. The second-order valence-electron chi connectivity index (χ2n) is 8.05. The van der Waals surface area contributed by atoms with E-state index >= 15 is 0 Å². The molecule has 1 aromatic rings. The van der Waals surface area contributed by atoms with Crippen LogP contribution in [-0.4, -0.2) is 34.7 Å². The fraction of sp³-hybridized carbons (Fsp3) is 0.556. The van der Waals surface area contributed by atoms with Crippen molar-refractivity contribution in [2.75, 3.05) is 12.4 Å². The zero-order valence-corrected chi connectivity index (χ0v) is 14.5. The van der Waals surface area contributed by atoms with Crippen LogP contribution in [0.15, 0.2) is 24.4 Å². The number of imide groups is 1. The molecule has 1 aliphatic carbocycles. The van der Waals surface area contributed by atoms with Crippen LogP contribution in [0.25, 0.3) is 0 Å². The van der Waals surface area contributed by atoms with Crippen molar-refractivity contribution in [1.82, 2.24) is 9.88 Å². The molecule has 24 heavy (non-hydrogen) atoms. The molecule has 3 rings (SSSR count). The smallest absolute Gasteiger partial charge is 0.234 e. The van der Waals surface area contributed by atoms with Gasteiger partial charge in [-0.3, -0.25) is 19.3 Å². The summed E-state index contributed by atoms with van der Waals surface area (Å²) in [5.41, 5.74) is -2.20. The number of piperidine rings is 1. The summed E-state index contributed by atoms with van der Waals surface area (Å²) in [6.45, 7) is 5.57. The highest BCUT2D eigenvalue weighted by atomic mass is 16.2. The molecule has 1 aliphatic heterocycles. The molecule has 3 amide bonds.